The van der Waals surface area contributed by atoms with Crippen molar-refractivity contribution in [2.24, 2.45) is 0 Å². The molecular formula is C21H22N2O3. The Balaban J connectivity index is 1.71. The first-order valence-corrected chi connectivity index (χ1v) is 8.78. The molecule has 1 heterocycles. The van der Waals surface area contributed by atoms with E-state index in [0.29, 0.717) is 17.5 Å². The van der Waals surface area contributed by atoms with Gasteiger partial charge in [0.1, 0.15) is 0 Å². The lowest BCUT2D eigenvalue weighted by Gasteiger charge is -2.19. The zero-order valence-electron chi connectivity index (χ0n) is 15.0. The third kappa shape index (κ3) is 3.82. The third-order valence-electron chi connectivity index (χ3n) is 4.66. The van der Waals surface area contributed by atoms with E-state index in [-0.39, 0.29) is 23.6 Å². The van der Waals surface area contributed by atoms with Gasteiger partial charge in [0.2, 0.25) is 5.91 Å². The van der Waals surface area contributed by atoms with Gasteiger partial charge in [0.25, 0.3) is 5.91 Å². The van der Waals surface area contributed by atoms with Crippen molar-refractivity contribution >= 4 is 23.3 Å². The number of carbonyl (C=O) groups is 3. The van der Waals surface area contributed by atoms with Gasteiger partial charge in [-0.3, -0.25) is 14.4 Å². The van der Waals surface area contributed by atoms with Gasteiger partial charge >= 0.3 is 0 Å². The summed E-state index contributed by atoms with van der Waals surface area (Å²) < 4.78 is 0. The minimum Gasteiger partial charge on any atom is -0.346 e. The van der Waals surface area contributed by atoms with Crippen LogP contribution in [-0.4, -0.2) is 24.1 Å². The van der Waals surface area contributed by atoms with Gasteiger partial charge in [0, 0.05) is 29.8 Å². The molecule has 1 atom stereocenters. The summed E-state index contributed by atoms with van der Waals surface area (Å²) in [5.74, 6) is -0.0849. The molecule has 0 radical (unpaired) electrons. The van der Waals surface area contributed by atoms with Gasteiger partial charge < -0.3 is 10.2 Å². The second-order valence-electron chi connectivity index (χ2n) is 6.57. The fourth-order valence-corrected chi connectivity index (χ4v) is 3.10. The molecule has 2 amide bonds. The molecule has 1 aliphatic rings. The quantitative estimate of drug-likeness (QED) is 0.839. The Hall–Kier alpha value is -2.95. The summed E-state index contributed by atoms with van der Waals surface area (Å²) in [5, 5.41) is 2.96. The van der Waals surface area contributed by atoms with Crippen LogP contribution >= 0.6 is 0 Å². The Kier molecular flexibility index (Phi) is 5.16. The highest BCUT2D eigenvalue weighted by molar-refractivity contribution is 5.98. The van der Waals surface area contributed by atoms with Crippen LogP contribution in [0.1, 0.15) is 59.0 Å². The number of rotatable bonds is 5. The molecule has 1 unspecified atom stereocenters. The smallest absolute Gasteiger partial charge is 0.251 e. The molecule has 0 bridgehead atoms. The average molecular weight is 350 g/mol. The second-order valence-corrected chi connectivity index (χ2v) is 6.57. The lowest BCUT2D eigenvalue weighted by molar-refractivity contribution is -0.117. The fraction of sp³-hybridized carbons (Fsp3) is 0.286. The molecule has 1 saturated heterocycles. The van der Waals surface area contributed by atoms with Crippen molar-refractivity contribution in [3.63, 3.8) is 0 Å². The predicted molar refractivity (Wildman–Crippen MR) is 100 cm³/mol. The molecule has 0 aromatic heterocycles. The number of amides is 2. The van der Waals surface area contributed by atoms with E-state index in [1.807, 2.05) is 31.2 Å². The van der Waals surface area contributed by atoms with E-state index in [1.165, 1.54) is 6.92 Å². The summed E-state index contributed by atoms with van der Waals surface area (Å²) in [6, 6.07) is 14.1. The number of Topliss-reactive ketones (excluding diaryl/α,β-unsaturated/α-hetero) is 1. The average Bonchev–Trinajstić information content (AvgIpc) is 3.07. The Labute approximate surface area is 153 Å². The van der Waals surface area contributed by atoms with E-state index in [2.05, 4.69) is 5.32 Å². The van der Waals surface area contributed by atoms with Gasteiger partial charge in [-0.25, -0.2) is 0 Å². The van der Waals surface area contributed by atoms with Crippen molar-refractivity contribution in [3.8, 4) is 0 Å². The van der Waals surface area contributed by atoms with E-state index in [0.717, 1.165) is 24.2 Å². The second kappa shape index (κ2) is 7.52. The first-order chi connectivity index (χ1) is 12.5. The summed E-state index contributed by atoms with van der Waals surface area (Å²) in [4.78, 5) is 37.5. The highest BCUT2D eigenvalue weighted by Crippen LogP contribution is 2.25. The molecule has 5 nitrogen and oxygen atoms in total. The molecule has 1 aliphatic heterocycles. The molecule has 5 heteroatoms. The molecule has 134 valence electrons. The van der Waals surface area contributed by atoms with E-state index >= 15 is 0 Å². The highest BCUT2D eigenvalue weighted by atomic mass is 16.2. The van der Waals surface area contributed by atoms with Crippen LogP contribution in [0.25, 0.3) is 0 Å². The SMILES string of the molecule is CC(=O)c1ccc(C(=O)NC(C)c2cccc(N3CCCC3=O)c2)cc1. The molecule has 0 spiro atoms. The van der Waals surface area contributed by atoms with Gasteiger partial charge in [-0.2, -0.15) is 0 Å². The molecule has 1 N–H and O–H groups in total. The summed E-state index contributed by atoms with van der Waals surface area (Å²) in [7, 11) is 0. The number of anilines is 1. The van der Waals surface area contributed by atoms with Gasteiger partial charge in [-0.15, -0.1) is 0 Å². The summed E-state index contributed by atoms with van der Waals surface area (Å²) in [6.07, 6.45) is 1.47. The van der Waals surface area contributed by atoms with E-state index in [9.17, 15) is 14.4 Å². The molecular weight excluding hydrogens is 328 g/mol. The van der Waals surface area contributed by atoms with Crippen molar-refractivity contribution in [2.75, 3.05) is 11.4 Å². The Morgan fingerprint density at radius 3 is 2.38 bits per heavy atom. The normalized spacial score (nSPS) is 15.0. The van der Waals surface area contributed by atoms with Crippen molar-refractivity contribution < 1.29 is 14.4 Å². The summed E-state index contributed by atoms with van der Waals surface area (Å²) in [5.41, 5.74) is 2.90. The number of benzene rings is 2. The van der Waals surface area contributed by atoms with Crippen molar-refractivity contribution in [2.45, 2.75) is 32.7 Å². The lowest BCUT2D eigenvalue weighted by atomic mass is 10.1. The Morgan fingerprint density at radius 1 is 1.08 bits per heavy atom. The maximum Gasteiger partial charge on any atom is 0.251 e. The molecule has 1 fully saturated rings. The molecule has 3 rings (SSSR count). The maximum atomic E-state index is 12.4. The van der Waals surface area contributed by atoms with Crippen LogP contribution in [0.2, 0.25) is 0 Å². The number of hydrogen-bond acceptors (Lipinski definition) is 3. The van der Waals surface area contributed by atoms with Gasteiger partial charge in [0.15, 0.2) is 5.78 Å². The van der Waals surface area contributed by atoms with Crippen LogP contribution in [0, 0.1) is 0 Å². The van der Waals surface area contributed by atoms with Crippen LogP contribution < -0.4 is 10.2 Å². The minimum atomic E-state index is -0.201. The Morgan fingerprint density at radius 2 is 1.77 bits per heavy atom. The van der Waals surface area contributed by atoms with Crippen LogP contribution in [0.15, 0.2) is 48.5 Å². The topological polar surface area (TPSA) is 66.5 Å². The largest absolute Gasteiger partial charge is 0.346 e. The van der Waals surface area contributed by atoms with Gasteiger partial charge in [-0.1, -0.05) is 24.3 Å². The number of ketones is 1. The number of hydrogen-bond donors (Lipinski definition) is 1. The van der Waals surface area contributed by atoms with Gasteiger partial charge in [-0.05, 0) is 50.1 Å². The zero-order chi connectivity index (χ0) is 18.7. The lowest BCUT2D eigenvalue weighted by Crippen LogP contribution is -2.27. The molecule has 0 saturated carbocycles. The van der Waals surface area contributed by atoms with Gasteiger partial charge in [0.05, 0.1) is 6.04 Å². The van der Waals surface area contributed by atoms with Crippen LogP contribution in [0.4, 0.5) is 5.69 Å². The standard InChI is InChI=1S/C21H22N2O3/c1-14(22-21(26)17-10-8-16(9-11-17)15(2)24)18-5-3-6-19(13-18)23-12-4-7-20(23)25/h3,5-6,8-11,13-14H,4,7,12H2,1-2H3,(H,22,26). The van der Waals surface area contributed by atoms with Crippen molar-refractivity contribution in [1.29, 1.82) is 0 Å². The van der Waals surface area contributed by atoms with Crippen LogP contribution in [0.5, 0.6) is 0 Å². The number of carbonyl (C=O) groups excluding carboxylic acids is 3. The molecule has 2 aromatic rings. The Bertz CT molecular complexity index is 843. The fourth-order valence-electron chi connectivity index (χ4n) is 3.10. The first kappa shape index (κ1) is 17.9. The molecule has 2 aromatic carbocycles. The molecule has 0 aliphatic carbocycles. The number of nitrogens with one attached hydrogen (secondary N) is 1. The van der Waals surface area contributed by atoms with Crippen molar-refractivity contribution in [3.05, 3.63) is 65.2 Å². The van der Waals surface area contributed by atoms with E-state index in [1.54, 1.807) is 29.2 Å². The van der Waals surface area contributed by atoms with Crippen LogP contribution in [0.3, 0.4) is 0 Å². The highest BCUT2D eigenvalue weighted by Gasteiger charge is 2.22. The third-order valence-corrected chi connectivity index (χ3v) is 4.66. The van der Waals surface area contributed by atoms with Crippen LogP contribution in [-0.2, 0) is 4.79 Å². The summed E-state index contributed by atoms with van der Waals surface area (Å²) in [6.45, 7) is 4.15. The van der Waals surface area contributed by atoms with E-state index < -0.39 is 0 Å². The maximum absolute atomic E-state index is 12.4. The monoisotopic (exact) mass is 350 g/mol. The summed E-state index contributed by atoms with van der Waals surface area (Å²) >= 11 is 0. The first-order valence-electron chi connectivity index (χ1n) is 8.78. The minimum absolute atomic E-state index is 0.0291. The predicted octanol–water partition coefficient (Wildman–Crippen LogP) is 3.51. The zero-order valence-corrected chi connectivity index (χ0v) is 15.0. The van der Waals surface area contributed by atoms with Crippen molar-refractivity contribution in [1.82, 2.24) is 5.32 Å². The number of nitrogens with zero attached hydrogens (tertiary/aromatic N) is 1. The van der Waals surface area contributed by atoms with E-state index in [4.69, 9.17) is 0 Å². The molecule has 26 heavy (non-hydrogen) atoms.